The van der Waals surface area contributed by atoms with E-state index in [9.17, 15) is 9.59 Å². The second-order valence-electron chi connectivity index (χ2n) is 3.03. The molecule has 16 heavy (non-hydrogen) atoms. The van der Waals surface area contributed by atoms with Crippen molar-refractivity contribution in [1.82, 2.24) is 15.3 Å². The van der Waals surface area contributed by atoms with Gasteiger partial charge in [-0.1, -0.05) is 0 Å². The normalized spacial score (nSPS) is 11.8. The highest BCUT2D eigenvalue weighted by atomic mass is 16.4. The number of carbonyl (C=O) groups is 2. The van der Waals surface area contributed by atoms with E-state index in [0.717, 1.165) is 0 Å². The molecule has 3 N–H and O–H groups in total. The maximum absolute atomic E-state index is 11.4. The lowest BCUT2D eigenvalue weighted by atomic mass is 10.2. The molecule has 0 aromatic carbocycles. The summed E-state index contributed by atoms with van der Waals surface area (Å²) in [4.78, 5) is 29.0. The molecule has 0 aliphatic carbocycles. The molecule has 1 rings (SSSR count). The zero-order valence-corrected chi connectivity index (χ0v) is 8.33. The van der Waals surface area contributed by atoms with E-state index in [2.05, 4.69) is 15.3 Å². The van der Waals surface area contributed by atoms with E-state index in [-0.39, 0.29) is 18.5 Å². The summed E-state index contributed by atoms with van der Waals surface area (Å²) in [5, 5.41) is 19.8. The average molecular weight is 225 g/mol. The summed E-state index contributed by atoms with van der Waals surface area (Å²) in [7, 11) is 0. The molecule has 0 radical (unpaired) electrons. The highest BCUT2D eigenvalue weighted by Crippen LogP contribution is 1.94. The molecule has 0 bridgehead atoms. The number of rotatable bonds is 5. The van der Waals surface area contributed by atoms with Gasteiger partial charge in [-0.15, -0.1) is 0 Å². The Bertz CT molecular complexity index is 368. The van der Waals surface area contributed by atoms with Gasteiger partial charge >= 0.3 is 5.97 Å². The van der Waals surface area contributed by atoms with Crippen molar-refractivity contribution in [2.45, 2.75) is 12.5 Å². The fraction of sp³-hybridized carbons (Fsp3) is 0.333. The van der Waals surface area contributed by atoms with Gasteiger partial charge in [0, 0.05) is 25.4 Å². The maximum atomic E-state index is 11.4. The summed E-state index contributed by atoms with van der Waals surface area (Å²) in [5.74, 6) is -1.71. The molecule has 0 spiro atoms. The monoisotopic (exact) mass is 225 g/mol. The number of hydrogen-bond acceptors (Lipinski definition) is 5. The Kier molecular flexibility index (Phi) is 4.34. The van der Waals surface area contributed by atoms with E-state index in [1.165, 1.54) is 18.7 Å². The number of hydrogen-bond donors (Lipinski definition) is 3. The number of aliphatic hydroxyl groups excluding tert-OH is 1. The predicted octanol–water partition coefficient (Wildman–Crippen LogP) is -0.958. The summed E-state index contributed by atoms with van der Waals surface area (Å²) in [5.41, 5.74) is 0.285. The molecule has 7 nitrogen and oxygen atoms in total. The molecule has 1 amide bonds. The van der Waals surface area contributed by atoms with Gasteiger partial charge in [0.15, 0.2) is 6.10 Å². The van der Waals surface area contributed by atoms with Crippen molar-refractivity contribution in [1.29, 1.82) is 0 Å². The topological polar surface area (TPSA) is 112 Å². The van der Waals surface area contributed by atoms with Crippen molar-refractivity contribution in [3.63, 3.8) is 0 Å². The molecular weight excluding hydrogens is 214 g/mol. The lowest BCUT2D eigenvalue weighted by molar-refractivity contribution is -0.146. The first-order valence-corrected chi connectivity index (χ1v) is 4.55. The van der Waals surface area contributed by atoms with Gasteiger partial charge in [-0.25, -0.2) is 14.8 Å². The first-order valence-electron chi connectivity index (χ1n) is 4.55. The largest absolute Gasteiger partial charge is 0.479 e. The van der Waals surface area contributed by atoms with Crippen LogP contribution in [0.3, 0.4) is 0 Å². The second kappa shape index (κ2) is 5.76. The molecule has 86 valence electrons. The smallest absolute Gasteiger partial charge is 0.332 e. The molecule has 1 heterocycles. The van der Waals surface area contributed by atoms with Crippen LogP contribution < -0.4 is 5.32 Å². The van der Waals surface area contributed by atoms with Gasteiger partial charge in [-0.2, -0.15) is 0 Å². The van der Waals surface area contributed by atoms with E-state index in [1.807, 2.05) is 0 Å². The Hall–Kier alpha value is -2.02. The van der Waals surface area contributed by atoms with Crippen LogP contribution in [0.15, 0.2) is 18.7 Å². The van der Waals surface area contributed by atoms with Gasteiger partial charge < -0.3 is 15.5 Å². The van der Waals surface area contributed by atoms with E-state index < -0.39 is 18.0 Å². The molecule has 1 atom stereocenters. The van der Waals surface area contributed by atoms with E-state index in [0.29, 0.717) is 0 Å². The van der Waals surface area contributed by atoms with E-state index in [1.54, 1.807) is 0 Å². The number of aliphatic carboxylic acids is 1. The van der Waals surface area contributed by atoms with Crippen LogP contribution in [0.1, 0.15) is 16.8 Å². The summed E-state index contributed by atoms with van der Waals surface area (Å²) >= 11 is 0. The summed E-state index contributed by atoms with van der Waals surface area (Å²) < 4.78 is 0. The molecule has 0 aliphatic heterocycles. The highest BCUT2D eigenvalue weighted by Gasteiger charge is 2.13. The third kappa shape index (κ3) is 3.62. The molecule has 0 aliphatic rings. The zero-order chi connectivity index (χ0) is 12.0. The second-order valence-corrected chi connectivity index (χ2v) is 3.03. The van der Waals surface area contributed by atoms with Gasteiger partial charge in [-0.05, 0) is 0 Å². The minimum Gasteiger partial charge on any atom is -0.479 e. The van der Waals surface area contributed by atoms with Gasteiger partial charge in [0.05, 0.1) is 5.56 Å². The minimum absolute atomic E-state index is 0.0469. The Morgan fingerprint density at radius 1 is 1.38 bits per heavy atom. The van der Waals surface area contributed by atoms with Crippen LogP contribution in [0.4, 0.5) is 0 Å². The van der Waals surface area contributed by atoms with Crippen LogP contribution in [0.5, 0.6) is 0 Å². The Labute approximate surface area is 91.2 Å². The fourth-order valence-corrected chi connectivity index (χ4v) is 0.964. The molecule has 1 aromatic rings. The van der Waals surface area contributed by atoms with Crippen molar-refractivity contribution >= 4 is 11.9 Å². The van der Waals surface area contributed by atoms with Gasteiger partial charge in [-0.3, -0.25) is 4.79 Å². The van der Waals surface area contributed by atoms with Crippen molar-refractivity contribution in [3.8, 4) is 0 Å². The number of aromatic nitrogens is 2. The summed E-state index contributed by atoms with van der Waals surface area (Å²) in [6.45, 7) is 0.0706. The van der Waals surface area contributed by atoms with Gasteiger partial charge in [0.25, 0.3) is 5.91 Å². The molecule has 0 saturated carbocycles. The van der Waals surface area contributed by atoms with Crippen LogP contribution in [0.25, 0.3) is 0 Å². The number of nitrogens with one attached hydrogen (secondary N) is 1. The Morgan fingerprint density at radius 3 is 2.56 bits per heavy atom. The zero-order valence-electron chi connectivity index (χ0n) is 8.33. The molecule has 0 saturated heterocycles. The fourth-order valence-electron chi connectivity index (χ4n) is 0.964. The maximum Gasteiger partial charge on any atom is 0.332 e. The van der Waals surface area contributed by atoms with Crippen molar-refractivity contribution in [2.75, 3.05) is 6.54 Å². The van der Waals surface area contributed by atoms with E-state index in [4.69, 9.17) is 10.2 Å². The first-order chi connectivity index (χ1) is 7.61. The van der Waals surface area contributed by atoms with Crippen LogP contribution in [-0.4, -0.2) is 44.7 Å². The van der Waals surface area contributed by atoms with Crippen LogP contribution in [0.2, 0.25) is 0 Å². The van der Waals surface area contributed by atoms with Crippen LogP contribution >= 0.6 is 0 Å². The van der Waals surface area contributed by atoms with Gasteiger partial charge in [0.2, 0.25) is 0 Å². The molecule has 0 fully saturated rings. The third-order valence-electron chi connectivity index (χ3n) is 1.81. The molecule has 7 heteroatoms. The summed E-state index contributed by atoms with van der Waals surface area (Å²) in [6, 6.07) is 0. The number of carboxylic acid groups (broad SMARTS) is 1. The highest BCUT2D eigenvalue weighted by molar-refractivity contribution is 5.93. The molecular formula is C9H11N3O4. The third-order valence-corrected chi connectivity index (χ3v) is 1.81. The number of aliphatic hydroxyl groups is 1. The summed E-state index contributed by atoms with van der Waals surface area (Å²) in [6.07, 6.45) is 2.47. The number of amides is 1. The first kappa shape index (κ1) is 12.1. The van der Waals surface area contributed by atoms with Crippen molar-refractivity contribution < 1.29 is 19.8 Å². The van der Waals surface area contributed by atoms with Crippen LogP contribution in [0, 0.1) is 0 Å². The quantitative estimate of drug-likeness (QED) is 0.595. The van der Waals surface area contributed by atoms with Crippen LogP contribution in [-0.2, 0) is 4.79 Å². The standard InChI is InChI=1S/C9H11N3O4/c13-7(9(15)16)1-2-12-8(14)6-3-10-5-11-4-6/h3-5,7,13H,1-2H2,(H,12,14)(H,15,16). The average Bonchev–Trinajstić information content (AvgIpc) is 2.29. The number of carbonyl (C=O) groups excluding carboxylic acids is 1. The number of nitrogens with zero attached hydrogens (tertiary/aromatic N) is 2. The minimum atomic E-state index is -1.47. The van der Waals surface area contributed by atoms with Gasteiger partial charge in [0.1, 0.15) is 6.33 Å². The lowest BCUT2D eigenvalue weighted by Crippen LogP contribution is -2.30. The molecule has 1 aromatic heterocycles. The van der Waals surface area contributed by atoms with Crippen molar-refractivity contribution in [3.05, 3.63) is 24.3 Å². The van der Waals surface area contributed by atoms with E-state index >= 15 is 0 Å². The predicted molar refractivity (Wildman–Crippen MR) is 52.6 cm³/mol. The SMILES string of the molecule is O=C(NCCC(O)C(=O)O)c1cncnc1. The molecule has 1 unspecified atom stereocenters. The number of carboxylic acids is 1. The Morgan fingerprint density at radius 2 is 2.00 bits per heavy atom. The van der Waals surface area contributed by atoms with Crippen molar-refractivity contribution in [2.24, 2.45) is 0 Å². The Balaban J connectivity index is 2.34. The lowest BCUT2D eigenvalue weighted by Gasteiger charge is -2.06.